The molecule has 2 atom stereocenters. The Morgan fingerprint density at radius 1 is 1.33 bits per heavy atom. The minimum absolute atomic E-state index is 0.384. The lowest BCUT2D eigenvalue weighted by molar-refractivity contribution is 0.505. The minimum Gasteiger partial charge on any atom is -0.313 e. The van der Waals surface area contributed by atoms with E-state index in [0.29, 0.717) is 6.04 Å². The van der Waals surface area contributed by atoms with Crippen molar-refractivity contribution >= 4 is 10.8 Å². The molecular weight excluding hydrogens is 170 g/mol. The number of hydrogen-bond acceptors (Lipinski definition) is 2. The standard InChI is InChI=1S/C9H21NOS/c1-8(2)5-6-10-9(3)7-12(4)11/h8-10H,5-7H2,1-4H3. The number of nitrogens with one attached hydrogen (secondary N) is 1. The normalized spacial score (nSPS) is 16.4. The van der Waals surface area contributed by atoms with Crippen LogP contribution in [0, 0.1) is 5.92 Å². The highest BCUT2D eigenvalue weighted by Gasteiger charge is 2.02. The van der Waals surface area contributed by atoms with E-state index in [1.807, 2.05) is 0 Å². The van der Waals surface area contributed by atoms with Crippen molar-refractivity contribution in [3.63, 3.8) is 0 Å². The van der Waals surface area contributed by atoms with E-state index in [1.165, 1.54) is 6.42 Å². The highest BCUT2D eigenvalue weighted by molar-refractivity contribution is 7.84. The molecule has 0 aliphatic rings. The zero-order valence-corrected chi connectivity index (χ0v) is 9.41. The van der Waals surface area contributed by atoms with E-state index >= 15 is 0 Å². The van der Waals surface area contributed by atoms with Crippen LogP contribution in [0.15, 0.2) is 0 Å². The van der Waals surface area contributed by atoms with Gasteiger partial charge in [0.2, 0.25) is 0 Å². The number of hydrogen-bond donors (Lipinski definition) is 1. The third-order valence-electron chi connectivity index (χ3n) is 1.70. The summed E-state index contributed by atoms with van der Waals surface area (Å²) in [5.41, 5.74) is 0. The van der Waals surface area contributed by atoms with Crippen LogP contribution in [0.4, 0.5) is 0 Å². The van der Waals surface area contributed by atoms with Crippen LogP contribution in [0.2, 0.25) is 0 Å². The van der Waals surface area contributed by atoms with Gasteiger partial charge in [-0.2, -0.15) is 0 Å². The molecule has 74 valence electrons. The van der Waals surface area contributed by atoms with Crippen LogP contribution in [0.5, 0.6) is 0 Å². The Bertz CT molecular complexity index is 136. The molecule has 2 unspecified atom stereocenters. The third kappa shape index (κ3) is 8.21. The molecular formula is C9H21NOS. The highest BCUT2D eigenvalue weighted by atomic mass is 32.2. The molecule has 0 bridgehead atoms. The Kier molecular flexibility index (Phi) is 6.67. The summed E-state index contributed by atoms with van der Waals surface area (Å²) in [6, 6.07) is 0.384. The summed E-state index contributed by atoms with van der Waals surface area (Å²) in [5.74, 6) is 1.51. The maximum Gasteiger partial charge on any atom is 0.0383 e. The van der Waals surface area contributed by atoms with E-state index in [1.54, 1.807) is 6.26 Å². The van der Waals surface area contributed by atoms with E-state index < -0.39 is 10.8 Å². The van der Waals surface area contributed by atoms with Crippen LogP contribution < -0.4 is 5.32 Å². The lowest BCUT2D eigenvalue weighted by Crippen LogP contribution is -2.32. The van der Waals surface area contributed by atoms with Crippen LogP contribution in [-0.4, -0.2) is 28.8 Å². The van der Waals surface area contributed by atoms with Gasteiger partial charge in [-0.25, -0.2) is 0 Å². The molecule has 3 heteroatoms. The number of rotatable bonds is 6. The molecule has 0 saturated carbocycles. The molecule has 2 nitrogen and oxygen atoms in total. The van der Waals surface area contributed by atoms with Crippen molar-refractivity contribution in [2.45, 2.75) is 33.2 Å². The summed E-state index contributed by atoms with van der Waals surface area (Å²) in [5, 5.41) is 3.35. The quantitative estimate of drug-likeness (QED) is 0.687. The first-order chi connectivity index (χ1) is 5.52. The fourth-order valence-electron chi connectivity index (χ4n) is 1.03. The first-order valence-electron chi connectivity index (χ1n) is 4.55. The second-order valence-electron chi connectivity index (χ2n) is 3.78. The van der Waals surface area contributed by atoms with Gasteiger partial charge in [-0.3, -0.25) is 4.21 Å². The Balaban J connectivity index is 3.31. The first kappa shape index (κ1) is 12.1. The molecule has 1 N–H and O–H groups in total. The van der Waals surface area contributed by atoms with Gasteiger partial charge >= 0.3 is 0 Å². The zero-order valence-electron chi connectivity index (χ0n) is 8.59. The SMILES string of the molecule is CC(C)CCNC(C)CS(C)=O. The van der Waals surface area contributed by atoms with Gasteiger partial charge in [-0.05, 0) is 25.8 Å². The molecule has 0 aromatic carbocycles. The predicted octanol–water partition coefficient (Wildman–Crippen LogP) is 1.39. The Morgan fingerprint density at radius 2 is 1.92 bits per heavy atom. The summed E-state index contributed by atoms with van der Waals surface area (Å²) < 4.78 is 10.8. The Labute approximate surface area is 78.6 Å². The molecule has 0 spiro atoms. The van der Waals surface area contributed by atoms with Gasteiger partial charge in [0, 0.05) is 28.9 Å². The topological polar surface area (TPSA) is 29.1 Å². The maximum absolute atomic E-state index is 10.8. The highest BCUT2D eigenvalue weighted by Crippen LogP contribution is 1.97. The minimum atomic E-state index is -0.672. The molecule has 0 saturated heterocycles. The summed E-state index contributed by atoms with van der Waals surface area (Å²) in [6.07, 6.45) is 2.95. The van der Waals surface area contributed by atoms with Gasteiger partial charge < -0.3 is 5.32 Å². The van der Waals surface area contributed by atoms with Crippen LogP contribution in [0.3, 0.4) is 0 Å². The second kappa shape index (κ2) is 6.61. The van der Waals surface area contributed by atoms with Crippen molar-refractivity contribution in [1.29, 1.82) is 0 Å². The van der Waals surface area contributed by atoms with Crippen LogP contribution in [0.1, 0.15) is 27.2 Å². The van der Waals surface area contributed by atoms with Gasteiger partial charge in [0.15, 0.2) is 0 Å². The van der Waals surface area contributed by atoms with Crippen molar-refractivity contribution in [2.24, 2.45) is 5.92 Å². The smallest absolute Gasteiger partial charge is 0.0383 e. The van der Waals surface area contributed by atoms with Crippen LogP contribution in [0.25, 0.3) is 0 Å². The molecule has 0 aromatic rings. The molecule has 0 heterocycles. The molecule has 0 radical (unpaired) electrons. The predicted molar refractivity (Wildman–Crippen MR) is 55.9 cm³/mol. The van der Waals surface area contributed by atoms with Gasteiger partial charge in [0.05, 0.1) is 0 Å². The van der Waals surface area contributed by atoms with E-state index in [9.17, 15) is 4.21 Å². The Hall–Kier alpha value is 0.110. The van der Waals surface area contributed by atoms with E-state index in [4.69, 9.17) is 0 Å². The summed E-state index contributed by atoms with van der Waals surface area (Å²) in [6.45, 7) is 7.55. The summed E-state index contributed by atoms with van der Waals surface area (Å²) in [7, 11) is -0.672. The largest absolute Gasteiger partial charge is 0.313 e. The molecule has 0 amide bonds. The van der Waals surface area contributed by atoms with E-state index in [-0.39, 0.29) is 0 Å². The molecule has 0 aromatic heterocycles. The average molecular weight is 191 g/mol. The van der Waals surface area contributed by atoms with Crippen LogP contribution >= 0.6 is 0 Å². The monoisotopic (exact) mass is 191 g/mol. The lowest BCUT2D eigenvalue weighted by Gasteiger charge is -2.12. The average Bonchev–Trinajstić information content (AvgIpc) is 1.84. The molecule has 0 aliphatic heterocycles. The van der Waals surface area contributed by atoms with Gasteiger partial charge in [0.1, 0.15) is 0 Å². The maximum atomic E-state index is 10.8. The van der Waals surface area contributed by atoms with Gasteiger partial charge in [0.25, 0.3) is 0 Å². The molecule has 0 rings (SSSR count). The van der Waals surface area contributed by atoms with Crippen molar-refractivity contribution < 1.29 is 4.21 Å². The Morgan fingerprint density at radius 3 is 2.33 bits per heavy atom. The third-order valence-corrected chi connectivity index (χ3v) is 2.67. The van der Waals surface area contributed by atoms with Gasteiger partial charge in [-0.1, -0.05) is 13.8 Å². The van der Waals surface area contributed by atoms with Gasteiger partial charge in [-0.15, -0.1) is 0 Å². The second-order valence-corrected chi connectivity index (χ2v) is 5.26. The van der Waals surface area contributed by atoms with Crippen LogP contribution in [-0.2, 0) is 10.8 Å². The van der Waals surface area contributed by atoms with Crippen molar-refractivity contribution in [3.05, 3.63) is 0 Å². The molecule has 12 heavy (non-hydrogen) atoms. The van der Waals surface area contributed by atoms with E-state index in [0.717, 1.165) is 18.2 Å². The zero-order chi connectivity index (χ0) is 9.56. The summed E-state index contributed by atoms with van der Waals surface area (Å²) in [4.78, 5) is 0. The molecule has 0 fully saturated rings. The van der Waals surface area contributed by atoms with Crippen molar-refractivity contribution in [2.75, 3.05) is 18.6 Å². The van der Waals surface area contributed by atoms with Crippen molar-refractivity contribution in [1.82, 2.24) is 5.32 Å². The first-order valence-corrected chi connectivity index (χ1v) is 6.28. The fraction of sp³-hybridized carbons (Fsp3) is 1.00. The summed E-state index contributed by atoms with van der Waals surface area (Å²) >= 11 is 0. The van der Waals surface area contributed by atoms with Crippen molar-refractivity contribution in [3.8, 4) is 0 Å². The lowest BCUT2D eigenvalue weighted by atomic mass is 10.1. The van der Waals surface area contributed by atoms with E-state index in [2.05, 4.69) is 26.1 Å². The fourth-order valence-corrected chi connectivity index (χ4v) is 1.85. The molecule has 0 aliphatic carbocycles.